The Bertz CT molecular complexity index is 651. The average Bonchev–Trinajstić information content (AvgIpc) is 2.84. The molecule has 0 radical (unpaired) electrons. The fourth-order valence-electron chi connectivity index (χ4n) is 2.80. The largest absolute Gasteiger partial charge is 0.497 e. The van der Waals surface area contributed by atoms with Crippen LogP contribution in [0.4, 0.5) is 0 Å². The second-order valence-electron chi connectivity index (χ2n) is 5.34. The summed E-state index contributed by atoms with van der Waals surface area (Å²) in [4.78, 5) is 14.2. The predicted octanol–water partition coefficient (Wildman–Crippen LogP) is 3.28. The highest BCUT2D eigenvalue weighted by atomic mass is 16.5. The number of carbonyl (C=O) groups is 1. The van der Waals surface area contributed by atoms with Crippen LogP contribution in [0.25, 0.3) is 0 Å². The molecule has 0 atom stereocenters. The van der Waals surface area contributed by atoms with Crippen LogP contribution in [0.15, 0.2) is 48.5 Å². The number of hydrogen-bond donors (Lipinski definition) is 0. The summed E-state index contributed by atoms with van der Waals surface area (Å²) in [5.41, 5.74) is 3.25. The number of aryl methyl sites for hydroxylation is 1. The van der Waals surface area contributed by atoms with E-state index in [0.717, 1.165) is 42.8 Å². The first-order chi connectivity index (χ1) is 10.3. The van der Waals surface area contributed by atoms with Crippen LogP contribution in [0.5, 0.6) is 5.75 Å². The van der Waals surface area contributed by atoms with Crippen molar-refractivity contribution in [3.8, 4) is 5.75 Å². The zero-order valence-corrected chi connectivity index (χ0v) is 12.2. The van der Waals surface area contributed by atoms with Crippen molar-refractivity contribution in [1.29, 1.82) is 0 Å². The second-order valence-corrected chi connectivity index (χ2v) is 5.34. The van der Waals surface area contributed by atoms with Gasteiger partial charge in [0.15, 0.2) is 0 Å². The fourth-order valence-corrected chi connectivity index (χ4v) is 2.80. The number of amides is 1. The molecule has 0 fully saturated rings. The number of nitrogens with zero attached hydrogens (tertiary/aromatic N) is 1. The highest BCUT2D eigenvalue weighted by molar-refractivity contribution is 5.98. The molecule has 0 aromatic heterocycles. The summed E-state index contributed by atoms with van der Waals surface area (Å²) in [5, 5.41) is 0. The average molecular weight is 281 g/mol. The Labute approximate surface area is 125 Å². The lowest BCUT2D eigenvalue weighted by Crippen LogP contribution is -2.25. The summed E-state index contributed by atoms with van der Waals surface area (Å²) < 4.78 is 5.23. The number of rotatable bonds is 5. The van der Waals surface area contributed by atoms with E-state index in [9.17, 15) is 4.79 Å². The molecule has 3 rings (SSSR count). The van der Waals surface area contributed by atoms with Crippen LogP contribution >= 0.6 is 0 Å². The normalized spacial score (nSPS) is 13.4. The third-order valence-corrected chi connectivity index (χ3v) is 3.92. The molecule has 0 spiro atoms. The van der Waals surface area contributed by atoms with Crippen LogP contribution in [-0.2, 0) is 13.0 Å². The third-order valence-electron chi connectivity index (χ3n) is 3.92. The van der Waals surface area contributed by atoms with Crippen molar-refractivity contribution in [1.82, 2.24) is 4.90 Å². The van der Waals surface area contributed by atoms with E-state index in [1.165, 1.54) is 5.56 Å². The summed E-state index contributed by atoms with van der Waals surface area (Å²) in [7, 11) is 1.68. The van der Waals surface area contributed by atoms with E-state index in [1.54, 1.807) is 7.11 Å². The van der Waals surface area contributed by atoms with Gasteiger partial charge in [-0.05, 0) is 42.2 Å². The van der Waals surface area contributed by atoms with E-state index in [4.69, 9.17) is 4.74 Å². The van der Waals surface area contributed by atoms with Gasteiger partial charge in [-0.3, -0.25) is 4.79 Å². The second kappa shape index (κ2) is 6.00. The first kappa shape index (κ1) is 13.7. The summed E-state index contributed by atoms with van der Waals surface area (Å²) >= 11 is 0. The van der Waals surface area contributed by atoms with E-state index >= 15 is 0 Å². The molecule has 2 aromatic rings. The molecule has 2 aromatic carbocycles. The Morgan fingerprint density at radius 2 is 2.00 bits per heavy atom. The highest BCUT2D eigenvalue weighted by Crippen LogP contribution is 2.22. The first-order valence-corrected chi connectivity index (χ1v) is 7.28. The van der Waals surface area contributed by atoms with Crippen molar-refractivity contribution < 1.29 is 9.53 Å². The van der Waals surface area contributed by atoms with Gasteiger partial charge in [0.1, 0.15) is 5.75 Å². The lowest BCUT2D eigenvalue weighted by Gasteiger charge is -2.15. The minimum absolute atomic E-state index is 0.163. The SMILES string of the molecule is COc1cccc(CCCN2Cc3ccccc3C2=O)c1. The molecule has 21 heavy (non-hydrogen) atoms. The van der Waals surface area contributed by atoms with Crippen LogP contribution in [0.2, 0.25) is 0 Å². The maximum absolute atomic E-state index is 12.2. The molecule has 1 aliphatic rings. The molecule has 3 heteroatoms. The van der Waals surface area contributed by atoms with Crippen LogP contribution in [0.1, 0.15) is 27.9 Å². The van der Waals surface area contributed by atoms with Gasteiger partial charge in [-0.2, -0.15) is 0 Å². The molecule has 0 saturated carbocycles. The molecule has 0 unspecified atom stereocenters. The molecular weight excluding hydrogens is 262 g/mol. The Balaban J connectivity index is 1.56. The monoisotopic (exact) mass is 281 g/mol. The Kier molecular flexibility index (Phi) is 3.91. The van der Waals surface area contributed by atoms with Crippen LogP contribution < -0.4 is 4.74 Å². The molecule has 108 valence electrons. The van der Waals surface area contributed by atoms with Gasteiger partial charge in [0.25, 0.3) is 5.91 Å². The fraction of sp³-hybridized carbons (Fsp3) is 0.278. The van der Waals surface area contributed by atoms with E-state index in [0.29, 0.717) is 0 Å². The quantitative estimate of drug-likeness (QED) is 0.841. The van der Waals surface area contributed by atoms with E-state index in [-0.39, 0.29) is 5.91 Å². The summed E-state index contributed by atoms with van der Waals surface area (Å²) in [6, 6.07) is 16.0. The van der Waals surface area contributed by atoms with Crippen molar-refractivity contribution in [2.75, 3.05) is 13.7 Å². The molecule has 1 heterocycles. The van der Waals surface area contributed by atoms with Gasteiger partial charge in [0.2, 0.25) is 0 Å². The minimum Gasteiger partial charge on any atom is -0.497 e. The maximum atomic E-state index is 12.2. The number of hydrogen-bond acceptors (Lipinski definition) is 2. The molecule has 1 aliphatic heterocycles. The smallest absolute Gasteiger partial charge is 0.254 e. The molecule has 0 bridgehead atoms. The number of ether oxygens (including phenoxy) is 1. The predicted molar refractivity (Wildman–Crippen MR) is 82.5 cm³/mol. The zero-order valence-electron chi connectivity index (χ0n) is 12.2. The van der Waals surface area contributed by atoms with Crippen LogP contribution in [0, 0.1) is 0 Å². The molecule has 0 aliphatic carbocycles. The Morgan fingerprint density at radius 1 is 1.14 bits per heavy atom. The van der Waals surface area contributed by atoms with Crippen molar-refractivity contribution >= 4 is 5.91 Å². The molecule has 0 N–H and O–H groups in total. The maximum Gasteiger partial charge on any atom is 0.254 e. The number of fused-ring (bicyclic) bond motifs is 1. The minimum atomic E-state index is 0.163. The van der Waals surface area contributed by atoms with Gasteiger partial charge in [0, 0.05) is 18.7 Å². The van der Waals surface area contributed by atoms with Crippen molar-refractivity contribution in [2.24, 2.45) is 0 Å². The Morgan fingerprint density at radius 3 is 2.81 bits per heavy atom. The van der Waals surface area contributed by atoms with Crippen molar-refractivity contribution in [3.63, 3.8) is 0 Å². The molecular formula is C18H19NO2. The van der Waals surface area contributed by atoms with Gasteiger partial charge >= 0.3 is 0 Å². The lowest BCUT2D eigenvalue weighted by atomic mass is 10.1. The zero-order chi connectivity index (χ0) is 14.7. The number of methoxy groups -OCH3 is 1. The van der Waals surface area contributed by atoms with E-state index in [1.807, 2.05) is 41.3 Å². The van der Waals surface area contributed by atoms with E-state index in [2.05, 4.69) is 12.1 Å². The van der Waals surface area contributed by atoms with Gasteiger partial charge < -0.3 is 9.64 Å². The standard InChI is InChI=1S/C18H19NO2/c1-21-16-9-4-6-14(12-16)7-5-11-19-13-15-8-2-3-10-17(15)18(19)20/h2-4,6,8-10,12H,5,7,11,13H2,1H3. The summed E-state index contributed by atoms with van der Waals surface area (Å²) in [6.07, 6.45) is 1.92. The summed E-state index contributed by atoms with van der Waals surface area (Å²) in [6.45, 7) is 1.54. The van der Waals surface area contributed by atoms with Gasteiger partial charge in [-0.15, -0.1) is 0 Å². The first-order valence-electron chi connectivity index (χ1n) is 7.28. The number of carbonyl (C=O) groups excluding carboxylic acids is 1. The molecule has 1 amide bonds. The van der Waals surface area contributed by atoms with Gasteiger partial charge in [0.05, 0.1) is 7.11 Å². The topological polar surface area (TPSA) is 29.5 Å². The highest BCUT2D eigenvalue weighted by Gasteiger charge is 2.25. The van der Waals surface area contributed by atoms with E-state index < -0.39 is 0 Å². The number of benzene rings is 2. The van der Waals surface area contributed by atoms with Crippen molar-refractivity contribution in [3.05, 3.63) is 65.2 Å². The summed E-state index contributed by atoms with van der Waals surface area (Å²) in [5.74, 6) is 1.05. The van der Waals surface area contributed by atoms with Crippen molar-refractivity contribution in [2.45, 2.75) is 19.4 Å². The van der Waals surface area contributed by atoms with Crippen LogP contribution in [-0.4, -0.2) is 24.5 Å². The molecule has 0 saturated heterocycles. The lowest BCUT2D eigenvalue weighted by molar-refractivity contribution is 0.0776. The Hall–Kier alpha value is -2.29. The van der Waals surface area contributed by atoms with Gasteiger partial charge in [-0.25, -0.2) is 0 Å². The molecule has 3 nitrogen and oxygen atoms in total. The van der Waals surface area contributed by atoms with Gasteiger partial charge in [-0.1, -0.05) is 30.3 Å². The van der Waals surface area contributed by atoms with Crippen LogP contribution in [0.3, 0.4) is 0 Å². The third kappa shape index (κ3) is 2.92.